The second kappa shape index (κ2) is 3.91. The van der Waals surface area contributed by atoms with Crippen LogP contribution in [0.25, 0.3) is 11.4 Å². The molecule has 2 aromatic heterocycles. The number of ether oxygens (including phenoxy) is 1. The van der Waals surface area contributed by atoms with Gasteiger partial charge < -0.3 is 9.26 Å². The van der Waals surface area contributed by atoms with Gasteiger partial charge in [-0.25, -0.2) is 4.79 Å². The van der Waals surface area contributed by atoms with Gasteiger partial charge in [0.2, 0.25) is 0 Å². The fourth-order valence-electron chi connectivity index (χ4n) is 1.09. The molecule has 7 nitrogen and oxygen atoms in total. The molecule has 0 unspecified atom stereocenters. The van der Waals surface area contributed by atoms with Crippen molar-refractivity contribution in [1.29, 1.82) is 0 Å². The second-order valence-corrected chi connectivity index (χ2v) is 2.63. The lowest BCUT2D eigenvalue weighted by Crippen LogP contribution is -2.06. The summed E-state index contributed by atoms with van der Waals surface area (Å²) >= 11 is 0. The molecule has 0 spiro atoms. The maximum absolute atomic E-state index is 11.4. The van der Waals surface area contributed by atoms with Gasteiger partial charge in [0, 0.05) is 6.07 Å². The van der Waals surface area contributed by atoms with Crippen LogP contribution in [0.15, 0.2) is 16.9 Å². The highest BCUT2D eigenvalue weighted by Crippen LogP contribution is 2.17. The third-order valence-electron chi connectivity index (χ3n) is 1.70. The number of hydrogen-bond acceptors (Lipinski definition) is 6. The van der Waals surface area contributed by atoms with Crippen LogP contribution in [-0.2, 0) is 4.74 Å². The number of aromatic amines is 1. The molecule has 0 saturated carbocycles. The third-order valence-corrected chi connectivity index (χ3v) is 1.70. The summed E-state index contributed by atoms with van der Waals surface area (Å²) < 4.78 is 9.45. The number of nitrogens with zero attached hydrogens (tertiary/aromatic N) is 3. The molecule has 15 heavy (non-hydrogen) atoms. The summed E-state index contributed by atoms with van der Waals surface area (Å²) in [7, 11) is 0. The summed E-state index contributed by atoms with van der Waals surface area (Å²) in [5.41, 5.74) is 0.861. The molecule has 2 heterocycles. The monoisotopic (exact) mass is 208 g/mol. The topological polar surface area (TPSA) is 93.9 Å². The van der Waals surface area contributed by atoms with Gasteiger partial charge in [-0.3, -0.25) is 0 Å². The summed E-state index contributed by atoms with van der Waals surface area (Å²) in [4.78, 5) is 11.4. The van der Waals surface area contributed by atoms with Gasteiger partial charge in [0.25, 0.3) is 0 Å². The summed E-state index contributed by atoms with van der Waals surface area (Å²) in [5, 5.41) is 13.5. The van der Waals surface area contributed by atoms with Crippen LogP contribution in [-0.4, -0.2) is 33.1 Å². The number of esters is 1. The normalized spacial score (nSPS) is 10.2. The molecule has 0 aliphatic rings. The Morgan fingerprint density at radius 3 is 3.13 bits per heavy atom. The maximum Gasteiger partial charge on any atom is 0.361 e. The first kappa shape index (κ1) is 9.38. The van der Waals surface area contributed by atoms with E-state index in [-0.39, 0.29) is 12.3 Å². The molecule has 7 heteroatoms. The zero-order chi connectivity index (χ0) is 10.7. The molecule has 0 fully saturated rings. The summed E-state index contributed by atoms with van der Waals surface area (Å²) in [6, 6.07) is 1.58. The van der Waals surface area contributed by atoms with Crippen LogP contribution in [0.1, 0.15) is 17.4 Å². The van der Waals surface area contributed by atoms with Gasteiger partial charge in [0.15, 0.2) is 5.69 Å². The van der Waals surface area contributed by atoms with Crippen LogP contribution in [0.2, 0.25) is 0 Å². The largest absolute Gasteiger partial charge is 0.461 e. The van der Waals surface area contributed by atoms with Gasteiger partial charge in [-0.1, -0.05) is 5.16 Å². The molecule has 0 aromatic carbocycles. The first-order valence-electron chi connectivity index (χ1n) is 4.31. The molecule has 78 valence electrons. The van der Waals surface area contributed by atoms with Crippen molar-refractivity contribution in [2.24, 2.45) is 0 Å². The number of nitrogens with one attached hydrogen (secondary N) is 1. The molecular formula is C8H8N4O3. The number of carbonyl (C=O) groups excluding carboxylic acids is 1. The van der Waals surface area contributed by atoms with E-state index >= 15 is 0 Å². The Balaban J connectivity index is 2.34. The third kappa shape index (κ3) is 1.71. The number of hydrogen-bond donors (Lipinski definition) is 1. The van der Waals surface area contributed by atoms with Crippen molar-refractivity contribution in [3.8, 4) is 11.4 Å². The van der Waals surface area contributed by atoms with Gasteiger partial charge in [-0.15, -0.1) is 5.10 Å². The summed E-state index contributed by atoms with van der Waals surface area (Å²) in [6.07, 6.45) is 1.39. The van der Waals surface area contributed by atoms with Crippen LogP contribution < -0.4 is 0 Å². The minimum atomic E-state index is -0.538. The Morgan fingerprint density at radius 2 is 2.47 bits per heavy atom. The Hall–Kier alpha value is -2.18. The minimum absolute atomic E-state index is 0.103. The Bertz CT molecular complexity index is 448. The molecule has 1 N–H and O–H groups in total. The van der Waals surface area contributed by atoms with Crippen molar-refractivity contribution in [2.75, 3.05) is 6.61 Å². The summed E-state index contributed by atoms with van der Waals surface area (Å²) in [6.45, 7) is 2.00. The molecule has 2 aromatic rings. The van der Waals surface area contributed by atoms with Crippen LogP contribution in [0.5, 0.6) is 0 Å². The van der Waals surface area contributed by atoms with Crippen molar-refractivity contribution in [2.45, 2.75) is 6.92 Å². The van der Waals surface area contributed by atoms with Crippen LogP contribution in [0.4, 0.5) is 0 Å². The van der Waals surface area contributed by atoms with Crippen molar-refractivity contribution in [1.82, 2.24) is 20.6 Å². The maximum atomic E-state index is 11.4. The van der Waals surface area contributed by atoms with Crippen molar-refractivity contribution in [3.05, 3.63) is 18.0 Å². The molecular weight excluding hydrogens is 200 g/mol. The fourth-order valence-corrected chi connectivity index (χ4v) is 1.09. The van der Waals surface area contributed by atoms with E-state index in [0.717, 1.165) is 0 Å². The number of rotatable bonds is 3. The fraction of sp³-hybridized carbons (Fsp3) is 0.250. The van der Waals surface area contributed by atoms with Gasteiger partial charge in [-0.05, 0) is 6.92 Å². The standard InChI is InChI=1S/C8H8N4O3/c1-2-14-8(13)7-6(9-12-10-7)5-3-4-15-11-5/h3-4H,2H2,1H3,(H,9,10,12). The zero-order valence-corrected chi connectivity index (χ0v) is 7.93. The Kier molecular flexibility index (Phi) is 2.44. The van der Waals surface area contributed by atoms with Crippen LogP contribution in [0.3, 0.4) is 0 Å². The first-order valence-corrected chi connectivity index (χ1v) is 4.31. The number of H-pyrrole nitrogens is 1. The van der Waals surface area contributed by atoms with Crippen molar-refractivity contribution < 1.29 is 14.1 Å². The highest BCUT2D eigenvalue weighted by molar-refractivity contribution is 5.93. The zero-order valence-electron chi connectivity index (χ0n) is 7.93. The van der Waals surface area contributed by atoms with Gasteiger partial charge in [-0.2, -0.15) is 10.3 Å². The molecule has 0 saturated heterocycles. The van der Waals surface area contributed by atoms with E-state index in [0.29, 0.717) is 11.4 Å². The highest BCUT2D eigenvalue weighted by Gasteiger charge is 2.20. The van der Waals surface area contributed by atoms with Crippen LogP contribution in [0, 0.1) is 0 Å². The van der Waals surface area contributed by atoms with Crippen LogP contribution >= 0.6 is 0 Å². The van der Waals surface area contributed by atoms with E-state index in [9.17, 15) is 4.79 Å². The predicted molar refractivity (Wildman–Crippen MR) is 47.8 cm³/mol. The molecule has 0 aliphatic heterocycles. The van der Waals surface area contributed by atoms with E-state index in [2.05, 4.69) is 25.1 Å². The van der Waals surface area contributed by atoms with E-state index in [1.165, 1.54) is 6.26 Å². The quantitative estimate of drug-likeness (QED) is 0.743. The molecule has 0 aliphatic carbocycles. The molecule has 0 amide bonds. The highest BCUT2D eigenvalue weighted by atomic mass is 16.5. The molecule has 0 atom stereocenters. The van der Waals surface area contributed by atoms with E-state index in [1.807, 2.05) is 0 Å². The average Bonchev–Trinajstić information content (AvgIpc) is 2.88. The number of aromatic nitrogens is 4. The van der Waals surface area contributed by atoms with Gasteiger partial charge >= 0.3 is 5.97 Å². The molecule has 2 rings (SSSR count). The van der Waals surface area contributed by atoms with Crippen molar-refractivity contribution >= 4 is 5.97 Å². The lowest BCUT2D eigenvalue weighted by Gasteiger charge is -1.97. The Morgan fingerprint density at radius 1 is 1.60 bits per heavy atom. The average molecular weight is 208 g/mol. The van der Waals surface area contributed by atoms with Gasteiger partial charge in [0.1, 0.15) is 17.7 Å². The van der Waals surface area contributed by atoms with Crippen molar-refractivity contribution in [3.63, 3.8) is 0 Å². The van der Waals surface area contributed by atoms with Gasteiger partial charge in [0.05, 0.1) is 6.61 Å². The predicted octanol–water partition coefficient (Wildman–Crippen LogP) is 0.636. The second-order valence-electron chi connectivity index (χ2n) is 2.63. The number of carbonyl (C=O) groups is 1. The molecule has 0 radical (unpaired) electrons. The first-order chi connectivity index (χ1) is 7.33. The lowest BCUT2D eigenvalue weighted by atomic mass is 10.2. The SMILES string of the molecule is CCOC(=O)c1n[nH]nc1-c1ccon1. The Labute approximate surface area is 84.4 Å². The van der Waals surface area contributed by atoms with E-state index in [1.54, 1.807) is 13.0 Å². The van der Waals surface area contributed by atoms with E-state index < -0.39 is 5.97 Å². The lowest BCUT2D eigenvalue weighted by molar-refractivity contribution is 0.0520. The summed E-state index contributed by atoms with van der Waals surface area (Å²) in [5.74, 6) is -0.538. The molecule has 0 bridgehead atoms. The minimum Gasteiger partial charge on any atom is -0.461 e. The smallest absolute Gasteiger partial charge is 0.361 e. The van der Waals surface area contributed by atoms with E-state index in [4.69, 9.17) is 4.74 Å².